The van der Waals surface area contributed by atoms with Gasteiger partial charge < -0.3 is 116 Å². The molecule has 0 saturated carbocycles. The summed E-state index contributed by atoms with van der Waals surface area (Å²) in [5, 5.41) is 35.4. The Bertz CT molecular complexity index is 4870. The molecular formula is C87H121N21O19S. The molecule has 40 nitrogen and oxygen atoms in total. The molecule has 0 spiro atoms. The molecule has 6 heterocycles. The van der Waals surface area contributed by atoms with E-state index in [1.165, 1.54) is 64.9 Å². The van der Waals surface area contributed by atoms with Crippen molar-refractivity contribution in [2.75, 3.05) is 64.9 Å². The topological polar surface area (TPSA) is 614 Å². The average molecular weight is 1800 g/mol. The van der Waals surface area contributed by atoms with E-state index in [0.29, 0.717) is 64.2 Å². The highest BCUT2D eigenvalue weighted by atomic mass is 32.2. The van der Waals surface area contributed by atoms with Gasteiger partial charge >= 0.3 is 0 Å². The van der Waals surface area contributed by atoms with Gasteiger partial charge in [-0.3, -0.25) is 86.3 Å². The molecule has 4 aliphatic rings. The van der Waals surface area contributed by atoms with Gasteiger partial charge in [0.25, 0.3) is 0 Å². The number of aromatic amines is 2. The molecule has 9 rings (SSSR count). The number of nitrogens with one attached hydrogen (secondary N) is 11. The molecule has 41 heteroatoms. The summed E-state index contributed by atoms with van der Waals surface area (Å²) in [6.07, 6.45) is 3.05. The number of phenols is 1. The summed E-state index contributed by atoms with van der Waals surface area (Å²) < 4.78 is 0. The first-order valence-electron chi connectivity index (χ1n) is 43.5. The summed E-state index contributed by atoms with van der Waals surface area (Å²) in [5.41, 5.74) is 32.2. The lowest BCUT2D eigenvalue weighted by atomic mass is 9.91. The average Bonchev–Trinajstić information content (AvgIpc) is 1.75. The van der Waals surface area contributed by atoms with E-state index in [-0.39, 0.29) is 115 Å². The molecule has 0 bridgehead atoms. The fourth-order valence-corrected chi connectivity index (χ4v) is 17.6. The number of nitrogens with zero attached hydrogens (tertiary/aromatic N) is 5. The number of benzene rings is 3. The van der Waals surface area contributed by atoms with E-state index < -0.39 is 235 Å². The van der Waals surface area contributed by atoms with Crippen molar-refractivity contribution in [2.24, 2.45) is 34.6 Å². The van der Waals surface area contributed by atoms with E-state index in [0.717, 1.165) is 16.7 Å². The summed E-state index contributed by atoms with van der Waals surface area (Å²) in [7, 11) is 2.79. The van der Waals surface area contributed by atoms with Gasteiger partial charge in [-0.2, -0.15) is 0 Å². The number of likely N-dealkylation sites (N-methyl/N-ethyl adjacent to an activating group) is 2. The maximum Gasteiger partial charge on any atom is 0.246 e. The summed E-state index contributed by atoms with van der Waals surface area (Å²) in [6, 6.07) is 1.18. The molecule has 694 valence electrons. The summed E-state index contributed by atoms with van der Waals surface area (Å²) in [6.45, 7) is 3.38. The van der Waals surface area contributed by atoms with Crippen LogP contribution in [0.2, 0.25) is 0 Å². The van der Waals surface area contributed by atoms with Gasteiger partial charge in [0.2, 0.25) is 100 Å². The smallest absolute Gasteiger partial charge is 0.246 e. The number of unbranched alkanes of at least 4 members (excludes halogenated alkanes) is 2. The number of amides is 17. The minimum Gasteiger partial charge on any atom is -0.508 e. The number of Topliss-reactive ketones (excluding diaryl/α,β-unsaturated/α-hetero) is 1. The Morgan fingerprint density at radius 1 is 0.492 bits per heavy atom. The first kappa shape index (κ1) is 99.2. The highest BCUT2D eigenvalue weighted by molar-refractivity contribution is 8.00. The van der Waals surface area contributed by atoms with Crippen molar-refractivity contribution in [1.82, 2.24) is 82.3 Å². The molecule has 0 aliphatic carbocycles. The van der Waals surface area contributed by atoms with Gasteiger partial charge in [-0.15, -0.1) is 11.8 Å². The van der Waals surface area contributed by atoms with E-state index >= 15 is 28.8 Å². The van der Waals surface area contributed by atoms with Crippen LogP contribution in [0.1, 0.15) is 147 Å². The minimum atomic E-state index is -1.74. The number of carbonyl (C=O) groups excluding carboxylic acids is 18. The van der Waals surface area contributed by atoms with Gasteiger partial charge in [-0.1, -0.05) is 88.1 Å². The maximum atomic E-state index is 15.7. The zero-order valence-electron chi connectivity index (χ0n) is 72.8. The Kier molecular flexibility index (Phi) is 36.7. The number of thioether (sulfide) groups is 1. The highest BCUT2D eigenvalue weighted by Crippen LogP contribution is 2.29. The van der Waals surface area contributed by atoms with Gasteiger partial charge in [0.1, 0.15) is 78.3 Å². The third-order valence-electron chi connectivity index (χ3n) is 23.8. The predicted molar refractivity (Wildman–Crippen MR) is 471 cm³/mol. The van der Waals surface area contributed by atoms with Gasteiger partial charge in [0.15, 0.2) is 5.78 Å². The van der Waals surface area contributed by atoms with Crippen LogP contribution in [0.4, 0.5) is 0 Å². The van der Waals surface area contributed by atoms with Crippen molar-refractivity contribution in [1.29, 1.82) is 0 Å². The third kappa shape index (κ3) is 26.6. The number of primary amides is 3. The van der Waals surface area contributed by atoms with Crippen molar-refractivity contribution in [3.63, 3.8) is 0 Å². The number of ketones is 1. The monoisotopic (exact) mass is 1800 g/mol. The lowest BCUT2D eigenvalue weighted by Gasteiger charge is -2.36. The molecule has 5 aromatic rings. The molecule has 0 unspecified atom stereocenters. The summed E-state index contributed by atoms with van der Waals surface area (Å²) in [5.74, 6) is -17.8. The Morgan fingerprint density at radius 3 is 1.52 bits per heavy atom. The van der Waals surface area contributed by atoms with E-state index in [1.54, 1.807) is 48.8 Å². The molecule has 14 atom stereocenters. The zero-order chi connectivity index (χ0) is 93.2. The lowest BCUT2D eigenvalue weighted by Crippen LogP contribution is -2.61. The van der Waals surface area contributed by atoms with E-state index in [2.05, 4.69) is 57.8 Å². The summed E-state index contributed by atoms with van der Waals surface area (Å²) in [4.78, 5) is 272. The second kappa shape index (κ2) is 47.3. The third-order valence-corrected chi connectivity index (χ3v) is 24.8. The van der Waals surface area contributed by atoms with Gasteiger partial charge in [-0.25, -0.2) is 0 Å². The second-order valence-corrected chi connectivity index (χ2v) is 34.1. The SMILES string of the molecule is CCCC[C@H]1C(=O)N(C)[C@@H](CCCC)C(=O)N[C@@H](C)C(=O)N[C@H](C(=O)NCC(N)=O)CSCC(=O)N[C@@H](Cc2ccc(O)cc2)C(=O)N2CCC[C@H]2C(=O)N[C@@H](CC(N)=O)C(=O)N2CCC[C@H]2C(=O)N[C@@H](CN)C(=O)N[C@@H](CCC(N)=O)C(=O)N2CCC[C@H]2C(=O)N[C@@H](Cc2c[nH]c3ccccc23)C(=O)C[C@@H](CCN)C(=O)N[C@@H](Cc2c[nH]c3ccccc23)C(=O)N1C. The van der Waals surface area contributed by atoms with Crippen molar-refractivity contribution in [3.8, 4) is 5.75 Å². The van der Waals surface area contributed by atoms with Crippen molar-refractivity contribution < 1.29 is 91.4 Å². The van der Waals surface area contributed by atoms with Crippen LogP contribution in [0, 0.1) is 5.92 Å². The molecule has 4 aliphatic heterocycles. The van der Waals surface area contributed by atoms with Crippen LogP contribution in [0.15, 0.2) is 85.2 Å². The van der Waals surface area contributed by atoms with Crippen LogP contribution in [0.5, 0.6) is 5.75 Å². The Hall–Kier alpha value is -12.5. The zero-order valence-corrected chi connectivity index (χ0v) is 73.6. The fraction of sp³-hybridized carbons (Fsp3) is 0.540. The fourth-order valence-electron chi connectivity index (χ4n) is 16.7. The molecule has 128 heavy (non-hydrogen) atoms. The quantitative estimate of drug-likeness (QED) is 0.0326. The number of carbonyl (C=O) groups is 18. The molecule has 4 fully saturated rings. The van der Waals surface area contributed by atoms with Crippen LogP contribution in [0.25, 0.3) is 21.8 Å². The molecule has 3 aromatic carbocycles. The maximum absolute atomic E-state index is 15.7. The van der Waals surface area contributed by atoms with E-state index in [9.17, 15) is 62.6 Å². The number of fused-ring (bicyclic) bond motifs is 5. The van der Waals surface area contributed by atoms with Gasteiger partial charge in [0, 0.05) is 118 Å². The van der Waals surface area contributed by atoms with Crippen LogP contribution in [-0.2, 0) is 106 Å². The minimum absolute atomic E-state index is 0.0129. The van der Waals surface area contributed by atoms with E-state index in [4.69, 9.17) is 28.7 Å². The van der Waals surface area contributed by atoms with Crippen LogP contribution in [0.3, 0.4) is 0 Å². The molecule has 0 radical (unpaired) electrons. The van der Waals surface area contributed by atoms with Gasteiger partial charge in [-0.05, 0) is 119 Å². The van der Waals surface area contributed by atoms with Crippen LogP contribution < -0.4 is 76.5 Å². The molecular weight excluding hydrogens is 1680 g/mol. The predicted octanol–water partition coefficient (Wildman–Crippen LogP) is -2.34. The number of aromatic hydroxyl groups is 1. The van der Waals surface area contributed by atoms with E-state index in [1.807, 2.05) is 26.0 Å². The van der Waals surface area contributed by atoms with Crippen molar-refractivity contribution in [2.45, 2.75) is 228 Å². The van der Waals surface area contributed by atoms with Crippen molar-refractivity contribution >= 4 is 140 Å². The molecule has 4 saturated heterocycles. The highest BCUT2D eigenvalue weighted by Gasteiger charge is 2.46. The number of nitrogens with two attached hydrogens (primary N) is 5. The normalized spacial score (nSPS) is 25.4. The first-order valence-corrected chi connectivity index (χ1v) is 44.7. The largest absolute Gasteiger partial charge is 0.508 e. The Labute approximate surface area is 744 Å². The number of para-hydroxylation sites is 2. The van der Waals surface area contributed by atoms with Crippen LogP contribution >= 0.6 is 11.8 Å². The molecule has 22 N–H and O–H groups in total. The lowest BCUT2D eigenvalue weighted by molar-refractivity contribution is -0.149. The first-order chi connectivity index (χ1) is 61.1. The number of H-pyrrole nitrogens is 2. The summed E-state index contributed by atoms with van der Waals surface area (Å²) >= 11 is 0.803. The number of hydrogen-bond acceptors (Lipinski definition) is 22. The number of rotatable bonds is 23. The van der Waals surface area contributed by atoms with Gasteiger partial charge in [0.05, 0.1) is 24.8 Å². The number of hydrogen-bond donors (Lipinski definition) is 17. The second-order valence-electron chi connectivity index (χ2n) is 33.1. The molecule has 2 aromatic heterocycles. The Morgan fingerprint density at radius 2 is 0.984 bits per heavy atom. The van der Waals surface area contributed by atoms with Crippen molar-refractivity contribution in [3.05, 3.63) is 102 Å². The standard InChI is InChI=1S/C87H121N21O19S/c1-6-8-21-65-79(119)96-48(3)75(115)103-64(77(117)95-45-73(92)113)46-128-47-74(114)97-60(37-49-26-28-53(109)29-27-49)85(125)107-35-15-24-67(107)81(121)101-62(41-72(91)112)86(126)108-36-16-25-68(108)82(122)102-63(42-89)78(118)98-58(30-31-71(90)111)84(124)106-34-14-23-66(106)80(120)99-59(38-51-43-93-56-19-12-10-17-54(51)56)70(110)40-50(32-33-88)76(116)100-61(39-52-44-94-57-20-13-11-18-55(52)57)83(123)105(5)69(22-9-7-2)87(127)104(65)4/h10-13,17-20,26-29,43-44,48,50,58-69,93-94,109H,6-9,14-16,21-25,30-42,45-47,88-89H2,1-5H3,(H2,90,111)(H2,91,112)(H2,92,113)(H,95,117)(H,96,119)(H,97,114)(H,98,118)(H,99,120)(H,100,116)(H,101,121)(H,102,122)(H,103,115)/t48-,50+,58-,59-,60-,61-,62-,63-,64-,65-,66-,67-,68-,69-/m0/s1. The Balaban J connectivity index is 1.07. The number of aromatic nitrogens is 2. The van der Waals surface area contributed by atoms with Crippen LogP contribution in [-0.4, -0.2) is 289 Å². The number of phenolic OH excluding ortho intramolecular Hbond substituents is 1. The molecule has 17 amide bonds.